The zero-order valence-electron chi connectivity index (χ0n) is 8.77. The maximum Gasteiger partial charge on any atom is 0.166 e. The van der Waals surface area contributed by atoms with E-state index in [-0.39, 0.29) is 5.78 Å². The molecular weight excluding hydrogens is 324 g/mol. The largest absolute Gasteiger partial charge is 0.294 e. The molecule has 15 heavy (non-hydrogen) atoms. The monoisotopic (exact) mass is 335 g/mol. The van der Waals surface area contributed by atoms with Gasteiger partial charge in [0.25, 0.3) is 0 Å². The van der Waals surface area contributed by atoms with Crippen molar-refractivity contribution in [2.75, 3.05) is 0 Å². The average Bonchev–Trinajstić information content (AvgIpc) is 2.19. The van der Waals surface area contributed by atoms with E-state index in [0.29, 0.717) is 5.02 Å². The SMILES string of the molecule is CC(=O)/C(I)=C(\C)c1cc(Cl)cnc1C. The quantitative estimate of drug-likeness (QED) is 0.608. The maximum absolute atomic E-state index is 11.2. The Hall–Kier alpha value is -0.420. The van der Waals surface area contributed by atoms with E-state index >= 15 is 0 Å². The number of rotatable bonds is 2. The summed E-state index contributed by atoms with van der Waals surface area (Å²) in [5, 5.41) is 0.586. The highest BCUT2D eigenvalue weighted by atomic mass is 127. The van der Waals surface area contributed by atoms with Crippen LogP contribution in [0.5, 0.6) is 0 Å². The standard InChI is InChI=1S/C11H11ClINO/c1-6(11(13)8(3)15)10-4-9(12)5-14-7(10)2/h4-5H,1-3H3/b11-6-. The van der Waals surface area contributed by atoms with E-state index in [1.165, 1.54) is 0 Å². The highest BCUT2D eigenvalue weighted by molar-refractivity contribution is 14.1. The summed E-state index contributed by atoms with van der Waals surface area (Å²) >= 11 is 7.92. The average molecular weight is 336 g/mol. The summed E-state index contributed by atoms with van der Waals surface area (Å²) in [6.07, 6.45) is 1.61. The molecule has 0 spiro atoms. The molecule has 0 aliphatic heterocycles. The minimum Gasteiger partial charge on any atom is -0.294 e. The van der Waals surface area contributed by atoms with Crippen LogP contribution in [-0.4, -0.2) is 10.8 Å². The third kappa shape index (κ3) is 3.01. The highest BCUT2D eigenvalue weighted by Gasteiger charge is 2.09. The Bertz CT molecular complexity index is 440. The van der Waals surface area contributed by atoms with Crippen molar-refractivity contribution in [1.29, 1.82) is 0 Å². The van der Waals surface area contributed by atoms with Crippen LogP contribution in [0.2, 0.25) is 5.02 Å². The molecule has 0 saturated carbocycles. The maximum atomic E-state index is 11.2. The Morgan fingerprint density at radius 2 is 2.07 bits per heavy atom. The number of hydrogen-bond acceptors (Lipinski definition) is 2. The third-order valence-corrected chi connectivity index (χ3v) is 3.87. The second kappa shape index (κ2) is 5.07. The number of pyridine rings is 1. The van der Waals surface area contributed by atoms with Gasteiger partial charge in [0.15, 0.2) is 5.78 Å². The van der Waals surface area contributed by atoms with Crippen molar-refractivity contribution in [3.8, 4) is 0 Å². The first-order valence-corrected chi connectivity index (χ1v) is 5.89. The molecule has 0 amide bonds. The van der Waals surface area contributed by atoms with Crippen molar-refractivity contribution in [2.24, 2.45) is 0 Å². The fourth-order valence-corrected chi connectivity index (χ4v) is 1.72. The van der Waals surface area contributed by atoms with Gasteiger partial charge in [-0.15, -0.1) is 0 Å². The normalized spacial score (nSPS) is 12.3. The number of Topliss-reactive ketones (excluding diaryl/α,β-unsaturated/α-hetero) is 1. The molecule has 1 heterocycles. The zero-order chi connectivity index (χ0) is 11.6. The van der Waals surface area contributed by atoms with E-state index in [4.69, 9.17) is 11.6 Å². The number of aryl methyl sites for hydroxylation is 1. The van der Waals surface area contributed by atoms with Crippen molar-refractivity contribution in [3.63, 3.8) is 0 Å². The van der Waals surface area contributed by atoms with Crippen LogP contribution >= 0.6 is 34.2 Å². The molecule has 0 aromatic carbocycles. The van der Waals surface area contributed by atoms with Crippen LogP contribution in [0.25, 0.3) is 5.57 Å². The van der Waals surface area contributed by atoms with Crippen LogP contribution in [0.3, 0.4) is 0 Å². The van der Waals surface area contributed by atoms with Crippen LogP contribution in [-0.2, 0) is 4.79 Å². The van der Waals surface area contributed by atoms with Gasteiger partial charge in [0.05, 0.1) is 8.60 Å². The smallest absolute Gasteiger partial charge is 0.166 e. The van der Waals surface area contributed by atoms with Gasteiger partial charge in [0, 0.05) is 17.5 Å². The molecule has 1 aromatic rings. The summed E-state index contributed by atoms with van der Waals surface area (Å²) in [5.41, 5.74) is 2.74. The van der Waals surface area contributed by atoms with E-state index in [0.717, 1.165) is 20.4 Å². The van der Waals surface area contributed by atoms with Crippen molar-refractivity contribution in [3.05, 3.63) is 32.1 Å². The highest BCUT2D eigenvalue weighted by Crippen LogP contribution is 2.26. The number of halogens is 2. The summed E-state index contributed by atoms with van der Waals surface area (Å²) in [7, 11) is 0. The summed E-state index contributed by atoms with van der Waals surface area (Å²) in [5.74, 6) is 0.0625. The van der Waals surface area contributed by atoms with Crippen LogP contribution < -0.4 is 0 Å². The first-order valence-electron chi connectivity index (χ1n) is 4.43. The zero-order valence-corrected chi connectivity index (χ0v) is 11.7. The summed E-state index contributed by atoms with van der Waals surface area (Å²) in [4.78, 5) is 15.4. The fraction of sp³-hybridized carbons (Fsp3) is 0.273. The Balaban J connectivity index is 3.33. The van der Waals surface area contributed by atoms with Gasteiger partial charge >= 0.3 is 0 Å². The summed E-state index contributed by atoms with van der Waals surface area (Å²) < 4.78 is 0.722. The van der Waals surface area contributed by atoms with Gasteiger partial charge in [-0.3, -0.25) is 9.78 Å². The molecule has 0 aliphatic rings. The van der Waals surface area contributed by atoms with Gasteiger partial charge in [-0.25, -0.2) is 0 Å². The molecule has 0 radical (unpaired) electrons. The Morgan fingerprint density at radius 3 is 2.60 bits per heavy atom. The molecule has 0 aliphatic carbocycles. The predicted octanol–water partition coefficient (Wildman–Crippen LogP) is 3.80. The molecule has 80 valence electrons. The lowest BCUT2D eigenvalue weighted by Crippen LogP contribution is -1.96. The van der Waals surface area contributed by atoms with Crippen LogP contribution in [0, 0.1) is 6.92 Å². The first kappa shape index (κ1) is 12.6. The van der Waals surface area contributed by atoms with Crippen molar-refractivity contribution in [1.82, 2.24) is 4.98 Å². The van der Waals surface area contributed by atoms with Crippen molar-refractivity contribution < 1.29 is 4.79 Å². The van der Waals surface area contributed by atoms with E-state index < -0.39 is 0 Å². The molecule has 0 N–H and O–H groups in total. The minimum atomic E-state index is 0.0625. The lowest BCUT2D eigenvalue weighted by Gasteiger charge is -2.07. The summed E-state index contributed by atoms with van der Waals surface area (Å²) in [6.45, 7) is 5.36. The fourth-order valence-electron chi connectivity index (χ4n) is 1.27. The van der Waals surface area contributed by atoms with Crippen molar-refractivity contribution in [2.45, 2.75) is 20.8 Å². The van der Waals surface area contributed by atoms with Gasteiger partial charge in [-0.1, -0.05) is 11.6 Å². The van der Waals surface area contributed by atoms with Crippen molar-refractivity contribution >= 4 is 45.5 Å². The van der Waals surface area contributed by atoms with Crippen LogP contribution in [0.1, 0.15) is 25.1 Å². The molecule has 0 bridgehead atoms. The number of ketones is 1. The number of carbonyl (C=O) groups is 1. The minimum absolute atomic E-state index is 0.0625. The lowest BCUT2D eigenvalue weighted by molar-refractivity contribution is -0.112. The van der Waals surface area contributed by atoms with E-state index in [9.17, 15) is 4.79 Å². The molecular formula is C11H11ClINO. The van der Waals surface area contributed by atoms with E-state index in [1.54, 1.807) is 13.1 Å². The molecule has 0 saturated heterocycles. The molecule has 1 aromatic heterocycles. The molecule has 0 unspecified atom stereocenters. The molecule has 4 heteroatoms. The van der Waals surface area contributed by atoms with Gasteiger partial charge in [0.1, 0.15) is 0 Å². The predicted molar refractivity (Wildman–Crippen MR) is 71.3 cm³/mol. The number of hydrogen-bond donors (Lipinski definition) is 0. The van der Waals surface area contributed by atoms with Gasteiger partial charge in [0.2, 0.25) is 0 Å². The number of aromatic nitrogens is 1. The number of allylic oxidation sites excluding steroid dienone is 2. The Labute approximate surface area is 108 Å². The Morgan fingerprint density at radius 1 is 1.47 bits per heavy atom. The molecule has 1 rings (SSSR count). The van der Waals surface area contributed by atoms with Crippen LogP contribution in [0.15, 0.2) is 15.8 Å². The van der Waals surface area contributed by atoms with Gasteiger partial charge in [-0.05, 0) is 55.0 Å². The second-order valence-electron chi connectivity index (χ2n) is 3.28. The number of nitrogens with zero attached hydrogens (tertiary/aromatic N) is 1. The molecule has 0 atom stereocenters. The number of carbonyl (C=O) groups excluding carboxylic acids is 1. The molecule has 0 fully saturated rings. The van der Waals surface area contributed by atoms with E-state index in [1.807, 2.05) is 42.5 Å². The van der Waals surface area contributed by atoms with E-state index in [2.05, 4.69) is 4.98 Å². The molecule has 2 nitrogen and oxygen atoms in total. The second-order valence-corrected chi connectivity index (χ2v) is 4.80. The summed E-state index contributed by atoms with van der Waals surface area (Å²) in [6, 6.07) is 1.83. The lowest BCUT2D eigenvalue weighted by atomic mass is 10.1. The topological polar surface area (TPSA) is 30.0 Å². The Kier molecular flexibility index (Phi) is 4.28. The van der Waals surface area contributed by atoms with Crippen LogP contribution in [0.4, 0.5) is 0 Å². The van der Waals surface area contributed by atoms with Gasteiger partial charge < -0.3 is 0 Å². The first-order chi connectivity index (χ1) is 6.93. The van der Waals surface area contributed by atoms with Gasteiger partial charge in [-0.2, -0.15) is 0 Å². The third-order valence-electron chi connectivity index (χ3n) is 2.10.